The van der Waals surface area contributed by atoms with Gasteiger partial charge in [-0.1, -0.05) is 55.4 Å². The Morgan fingerprint density at radius 3 is 2.60 bits per heavy atom. The molecule has 1 aliphatic carbocycles. The van der Waals surface area contributed by atoms with Crippen LogP contribution in [0.2, 0.25) is 0 Å². The van der Waals surface area contributed by atoms with Crippen molar-refractivity contribution in [2.24, 2.45) is 12.5 Å². The minimum Gasteiger partial charge on any atom is -0.343 e. The highest BCUT2D eigenvalue weighted by Gasteiger charge is 2.39. The lowest BCUT2D eigenvalue weighted by atomic mass is 9.74. The number of allylic oxidation sites excluding steroid dienone is 4. The van der Waals surface area contributed by atoms with Crippen molar-refractivity contribution in [1.29, 1.82) is 0 Å². The second-order valence-corrected chi connectivity index (χ2v) is 9.36. The molecule has 9 heteroatoms. The summed E-state index contributed by atoms with van der Waals surface area (Å²) in [6.45, 7) is 4.20. The van der Waals surface area contributed by atoms with Crippen LogP contribution < -0.4 is 10.9 Å². The molecule has 2 heterocycles. The van der Waals surface area contributed by atoms with Crippen molar-refractivity contribution >= 4 is 34.9 Å². The summed E-state index contributed by atoms with van der Waals surface area (Å²) in [6.07, 6.45) is 4.60. The Morgan fingerprint density at radius 1 is 1.33 bits per heavy atom. The van der Waals surface area contributed by atoms with E-state index in [1.165, 1.54) is 28.5 Å². The van der Waals surface area contributed by atoms with Crippen LogP contribution in [0.25, 0.3) is 0 Å². The molecule has 0 spiro atoms. The van der Waals surface area contributed by atoms with Crippen LogP contribution >= 0.6 is 23.4 Å². The predicted molar refractivity (Wildman–Crippen MR) is 119 cm³/mol. The maximum atomic E-state index is 13.3. The summed E-state index contributed by atoms with van der Waals surface area (Å²) in [4.78, 5) is 28.7. The van der Waals surface area contributed by atoms with E-state index in [1.807, 2.05) is 12.3 Å². The largest absolute Gasteiger partial charge is 0.343 e. The number of nitrogens with one attached hydrogen (secondary N) is 1. The molecule has 2 aromatic rings. The van der Waals surface area contributed by atoms with Gasteiger partial charge in [0.05, 0.1) is 10.5 Å². The molecule has 30 heavy (non-hydrogen) atoms. The van der Waals surface area contributed by atoms with E-state index in [-0.39, 0.29) is 16.7 Å². The van der Waals surface area contributed by atoms with Crippen molar-refractivity contribution in [3.05, 3.63) is 78.2 Å². The average molecular weight is 445 g/mol. The van der Waals surface area contributed by atoms with Crippen LogP contribution in [-0.2, 0) is 7.05 Å². The van der Waals surface area contributed by atoms with Crippen LogP contribution in [0.4, 0.5) is 11.5 Å². The molecule has 0 fully saturated rings. The second kappa shape index (κ2) is 7.28. The Bertz CT molecular complexity index is 1180. The molecule has 1 aromatic heterocycles. The van der Waals surface area contributed by atoms with Gasteiger partial charge >= 0.3 is 0 Å². The third-order valence-corrected chi connectivity index (χ3v) is 6.53. The molecule has 1 unspecified atom stereocenters. The van der Waals surface area contributed by atoms with Gasteiger partial charge in [-0.3, -0.25) is 19.5 Å². The van der Waals surface area contributed by atoms with Gasteiger partial charge in [-0.05, 0) is 23.7 Å². The lowest BCUT2D eigenvalue weighted by molar-refractivity contribution is -0.384. The number of benzene rings is 1. The highest BCUT2D eigenvalue weighted by Crippen LogP contribution is 2.50. The number of fused-ring (bicyclic) bond motifs is 1. The molecule has 1 N–H and O–H groups in total. The van der Waals surface area contributed by atoms with Gasteiger partial charge < -0.3 is 5.32 Å². The highest BCUT2D eigenvalue weighted by atomic mass is 35.5. The monoisotopic (exact) mass is 444 g/mol. The number of thioether (sulfide) groups is 1. The topological polar surface area (TPSA) is 90.1 Å². The molecule has 2 aliphatic rings. The fourth-order valence-corrected chi connectivity index (χ4v) is 5.20. The van der Waals surface area contributed by atoms with E-state index in [0.29, 0.717) is 28.0 Å². The molecule has 1 aromatic carbocycles. The molecular weight excluding hydrogens is 424 g/mol. The van der Waals surface area contributed by atoms with Crippen molar-refractivity contribution in [2.75, 3.05) is 11.6 Å². The van der Waals surface area contributed by atoms with E-state index >= 15 is 0 Å². The van der Waals surface area contributed by atoms with Crippen LogP contribution in [0.15, 0.2) is 56.6 Å². The smallest absolute Gasteiger partial charge is 0.269 e. The zero-order valence-electron chi connectivity index (χ0n) is 17.0. The summed E-state index contributed by atoms with van der Waals surface area (Å²) >= 11 is 8.14. The number of halogens is 1. The number of aromatic nitrogens is 2. The number of nitro benzene ring substituents is 1. The summed E-state index contributed by atoms with van der Waals surface area (Å²) in [5, 5.41) is 15.7. The van der Waals surface area contributed by atoms with Crippen LogP contribution in [0.3, 0.4) is 0 Å². The van der Waals surface area contributed by atoms with Crippen molar-refractivity contribution in [2.45, 2.75) is 31.3 Å². The predicted octanol–water partition coefficient (Wildman–Crippen LogP) is 4.77. The summed E-state index contributed by atoms with van der Waals surface area (Å²) in [5.74, 6) is 0.0609. The molecule has 0 radical (unpaired) electrons. The summed E-state index contributed by atoms with van der Waals surface area (Å²) in [7, 11) is 1.69. The fraction of sp³-hybridized carbons (Fsp3) is 0.333. The lowest BCUT2D eigenvalue weighted by Gasteiger charge is -2.37. The molecule has 0 bridgehead atoms. The second-order valence-electron chi connectivity index (χ2n) is 8.18. The van der Waals surface area contributed by atoms with E-state index in [9.17, 15) is 14.9 Å². The zero-order chi connectivity index (χ0) is 21.8. The first kappa shape index (κ1) is 20.7. The minimum atomic E-state index is -0.459. The number of non-ortho nitro benzene ring substituents is 1. The van der Waals surface area contributed by atoms with Crippen LogP contribution in [0, 0.1) is 15.5 Å². The van der Waals surface area contributed by atoms with Gasteiger partial charge in [-0.25, -0.2) is 4.98 Å². The van der Waals surface area contributed by atoms with Gasteiger partial charge in [0.1, 0.15) is 5.82 Å². The number of nitro groups is 1. The van der Waals surface area contributed by atoms with E-state index in [0.717, 1.165) is 16.8 Å². The molecule has 156 valence electrons. The quantitative estimate of drug-likeness (QED) is 0.317. The molecule has 0 saturated carbocycles. The number of hydrogen-bond donors (Lipinski definition) is 1. The molecule has 0 saturated heterocycles. The van der Waals surface area contributed by atoms with Gasteiger partial charge in [0, 0.05) is 41.4 Å². The molecule has 0 amide bonds. The molecule has 7 nitrogen and oxygen atoms in total. The summed E-state index contributed by atoms with van der Waals surface area (Å²) in [5.41, 5.74) is 2.69. The Hall–Kier alpha value is -2.58. The minimum absolute atomic E-state index is 0.00251. The molecular formula is C21H21ClN4O3S. The van der Waals surface area contributed by atoms with E-state index < -0.39 is 10.8 Å². The van der Waals surface area contributed by atoms with Gasteiger partial charge in [-0.15, -0.1) is 0 Å². The summed E-state index contributed by atoms with van der Waals surface area (Å²) < 4.78 is 1.53. The normalized spacial score (nSPS) is 19.5. The van der Waals surface area contributed by atoms with E-state index in [1.54, 1.807) is 19.2 Å². The Labute approximate surface area is 183 Å². The fourth-order valence-electron chi connectivity index (χ4n) is 4.14. The molecule has 1 atom stereocenters. The van der Waals surface area contributed by atoms with Crippen molar-refractivity contribution in [3.8, 4) is 0 Å². The highest BCUT2D eigenvalue weighted by molar-refractivity contribution is 7.98. The maximum Gasteiger partial charge on any atom is 0.269 e. The Kier molecular flexibility index (Phi) is 5.02. The van der Waals surface area contributed by atoms with Gasteiger partial charge in [0.25, 0.3) is 11.2 Å². The van der Waals surface area contributed by atoms with Gasteiger partial charge in [-0.2, -0.15) is 0 Å². The van der Waals surface area contributed by atoms with Crippen LogP contribution in [0.1, 0.15) is 37.3 Å². The average Bonchev–Trinajstić information content (AvgIpc) is 2.68. The standard InChI is InChI=1S/C21H21ClN4O3S/c1-21(2)9-13(22)16-14(10-21)23-18-17(19(27)25(3)20(24-18)30-4)15(16)11-5-7-12(8-6-11)26(28)29/h5-9,15,23H,10H2,1-4H3. The summed E-state index contributed by atoms with van der Waals surface area (Å²) in [6, 6.07) is 6.29. The zero-order valence-corrected chi connectivity index (χ0v) is 18.6. The van der Waals surface area contributed by atoms with Crippen LogP contribution in [0.5, 0.6) is 0 Å². The first-order chi connectivity index (χ1) is 14.1. The molecule has 1 aliphatic heterocycles. The third kappa shape index (κ3) is 3.33. The van der Waals surface area contributed by atoms with Gasteiger partial charge in [0.15, 0.2) is 5.16 Å². The first-order valence-corrected chi connectivity index (χ1v) is 11.0. The van der Waals surface area contributed by atoms with Crippen molar-refractivity contribution in [1.82, 2.24) is 9.55 Å². The SMILES string of the molecule is CSc1nc2c(c(=O)n1C)C(c1ccc([N+](=O)[O-])cc1)C1=C(CC(C)(C)C=C1Cl)N2. The Balaban J connectivity index is 1.99. The van der Waals surface area contributed by atoms with Crippen LogP contribution in [-0.4, -0.2) is 20.7 Å². The number of hydrogen-bond acceptors (Lipinski definition) is 6. The van der Waals surface area contributed by atoms with Crippen molar-refractivity contribution < 1.29 is 4.92 Å². The van der Waals surface area contributed by atoms with Gasteiger partial charge in [0.2, 0.25) is 0 Å². The molecule has 4 rings (SSSR count). The van der Waals surface area contributed by atoms with Crippen molar-refractivity contribution in [3.63, 3.8) is 0 Å². The lowest BCUT2D eigenvalue weighted by Crippen LogP contribution is -2.34. The van der Waals surface area contributed by atoms with E-state index in [4.69, 9.17) is 11.6 Å². The maximum absolute atomic E-state index is 13.3. The first-order valence-electron chi connectivity index (χ1n) is 9.41. The number of anilines is 1. The number of nitrogens with zero attached hydrogens (tertiary/aromatic N) is 3. The Morgan fingerprint density at radius 2 is 2.00 bits per heavy atom. The third-order valence-electron chi connectivity index (χ3n) is 5.48. The van der Waals surface area contributed by atoms with E-state index in [2.05, 4.69) is 24.1 Å². The number of rotatable bonds is 3.